The van der Waals surface area contributed by atoms with Crippen LogP contribution < -0.4 is 11.1 Å². The molecule has 3 N–H and O–H groups in total. The number of nitrogens with zero attached hydrogens (tertiary/aromatic N) is 2. The molecule has 40 heavy (non-hydrogen) atoms. The molecule has 3 aromatic rings. The summed E-state index contributed by atoms with van der Waals surface area (Å²) < 4.78 is 10.7. The number of carbonyl (C=O) groups excluding carboxylic acids is 3. The van der Waals surface area contributed by atoms with Crippen molar-refractivity contribution in [3.8, 4) is 11.8 Å². The van der Waals surface area contributed by atoms with Gasteiger partial charge in [0, 0.05) is 19.0 Å². The van der Waals surface area contributed by atoms with Crippen molar-refractivity contribution < 1.29 is 23.5 Å². The molecule has 1 aliphatic carbocycles. The molecule has 2 fully saturated rings. The topological polar surface area (TPSA) is 128 Å². The number of benzene rings is 2. The Morgan fingerprint density at radius 2 is 1.70 bits per heavy atom. The molecule has 2 heterocycles. The third-order valence-corrected chi connectivity index (χ3v) is 7.01. The van der Waals surface area contributed by atoms with Crippen molar-refractivity contribution in [1.29, 1.82) is 0 Å². The van der Waals surface area contributed by atoms with E-state index in [-0.39, 0.29) is 23.6 Å². The number of ketones is 1. The third-order valence-electron chi connectivity index (χ3n) is 7.01. The Balaban J connectivity index is 0.000000350. The number of rotatable bonds is 6. The molecular weight excluding hydrogens is 508 g/mol. The summed E-state index contributed by atoms with van der Waals surface area (Å²) in [6.45, 7) is 2.50. The zero-order valence-corrected chi connectivity index (χ0v) is 22.6. The van der Waals surface area contributed by atoms with E-state index < -0.39 is 11.9 Å². The first-order valence-electron chi connectivity index (χ1n) is 13.9. The summed E-state index contributed by atoms with van der Waals surface area (Å²) in [4.78, 5) is 42.0. The molecular formula is C31H36N4O5. The Hall–Kier alpha value is -4.16. The van der Waals surface area contributed by atoms with Gasteiger partial charge in [-0.15, -0.1) is 0 Å². The lowest BCUT2D eigenvalue weighted by Crippen LogP contribution is -2.43. The molecule has 2 aromatic carbocycles. The fourth-order valence-electron chi connectivity index (χ4n) is 4.74. The first kappa shape index (κ1) is 28.8. The summed E-state index contributed by atoms with van der Waals surface area (Å²) in [5.41, 5.74) is 7.27. The fourth-order valence-corrected chi connectivity index (χ4v) is 4.74. The number of ether oxygens (including phenoxy) is 1. The highest BCUT2D eigenvalue weighted by atomic mass is 16.5. The lowest BCUT2D eigenvalue weighted by Gasteiger charge is -2.24. The number of aryl methyl sites for hydroxylation is 1. The van der Waals surface area contributed by atoms with E-state index >= 15 is 0 Å². The highest BCUT2D eigenvalue weighted by molar-refractivity contribution is 6.02. The van der Waals surface area contributed by atoms with Crippen molar-refractivity contribution in [3.05, 3.63) is 66.1 Å². The number of Topliss-reactive ketones (excluding diaryl/α,β-unsaturated/α-hetero) is 1. The predicted molar refractivity (Wildman–Crippen MR) is 151 cm³/mol. The van der Waals surface area contributed by atoms with Gasteiger partial charge in [0.05, 0.1) is 19.3 Å². The summed E-state index contributed by atoms with van der Waals surface area (Å²) in [5, 5.41) is 2.81. The number of fused-ring (bicyclic) bond motifs is 1. The zero-order chi connectivity index (χ0) is 28.2. The zero-order valence-electron chi connectivity index (χ0n) is 22.6. The molecule has 0 spiro atoms. The quantitative estimate of drug-likeness (QED) is 0.355. The second-order valence-corrected chi connectivity index (χ2v) is 9.94. The molecule has 1 saturated heterocycles. The average Bonchev–Trinajstić information content (AvgIpc) is 3.44. The fraction of sp³-hybridized carbons (Fsp3) is 0.419. The van der Waals surface area contributed by atoms with Crippen LogP contribution in [-0.4, -0.2) is 60.0 Å². The second kappa shape index (κ2) is 14.8. The maximum Gasteiger partial charge on any atom is 0.314 e. The Bertz CT molecular complexity index is 1300. The lowest BCUT2D eigenvalue weighted by atomic mass is 9.90. The number of nitrogens with one attached hydrogen (secondary N) is 1. The van der Waals surface area contributed by atoms with Crippen molar-refractivity contribution in [2.75, 3.05) is 26.3 Å². The van der Waals surface area contributed by atoms with Gasteiger partial charge in [-0.05, 0) is 49.3 Å². The number of urea groups is 1. The van der Waals surface area contributed by atoms with Crippen LogP contribution in [0.5, 0.6) is 0 Å². The van der Waals surface area contributed by atoms with E-state index in [1.54, 1.807) is 17.0 Å². The van der Waals surface area contributed by atoms with Crippen LogP contribution in [0.15, 0.2) is 59.0 Å². The van der Waals surface area contributed by atoms with Gasteiger partial charge in [-0.3, -0.25) is 9.59 Å². The molecule has 5 rings (SSSR count). The minimum absolute atomic E-state index is 0.0137. The van der Waals surface area contributed by atoms with E-state index in [9.17, 15) is 14.4 Å². The van der Waals surface area contributed by atoms with E-state index in [1.807, 2.05) is 42.5 Å². The molecule has 0 bridgehead atoms. The molecule has 1 saturated carbocycles. The van der Waals surface area contributed by atoms with Gasteiger partial charge in [-0.25, -0.2) is 9.78 Å². The van der Waals surface area contributed by atoms with Crippen molar-refractivity contribution in [3.63, 3.8) is 0 Å². The molecule has 210 valence electrons. The maximum atomic E-state index is 13.2. The van der Waals surface area contributed by atoms with Crippen LogP contribution in [0.25, 0.3) is 11.1 Å². The molecule has 9 nitrogen and oxygen atoms in total. The molecule has 1 atom stereocenters. The van der Waals surface area contributed by atoms with Gasteiger partial charge in [0.15, 0.2) is 5.58 Å². The monoisotopic (exact) mass is 544 g/mol. The molecule has 0 unspecified atom stereocenters. The van der Waals surface area contributed by atoms with Crippen LogP contribution in [0.3, 0.4) is 0 Å². The Kier molecular flexibility index (Phi) is 10.7. The van der Waals surface area contributed by atoms with E-state index in [0.29, 0.717) is 50.2 Å². The first-order valence-corrected chi connectivity index (χ1v) is 13.9. The van der Waals surface area contributed by atoms with Crippen molar-refractivity contribution in [2.24, 2.45) is 11.7 Å². The highest BCUT2D eigenvalue weighted by Crippen LogP contribution is 2.22. The van der Waals surface area contributed by atoms with Crippen molar-refractivity contribution in [1.82, 2.24) is 15.2 Å². The largest absolute Gasteiger partial charge is 0.434 e. The minimum Gasteiger partial charge on any atom is -0.434 e. The number of morpholine rings is 1. The summed E-state index contributed by atoms with van der Waals surface area (Å²) in [6, 6.07) is 16.0. The SMILES string of the molecule is NC(=O)N1CCOCC1.O=C(C#CC1CCCCC1)N[C@@H](CCc1ccccc1)C(=O)c1nc2ccccc2o1. The highest BCUT2D eigenvalue weighted by Gasteiger charge is 2.26. The molecule has 3 amide bonds. The number of hydrogen-bond donors (Lipinski definition) is 2. The number of para-hydroxylation sites is 2. The standard InChI is InChI=1S/C26H26N2O3.C5H10N2O2/c29-24(18-16-20-11-5-2-6-12-20)27-22(17-15-19-9-3-1-4-10-19)25(30)26-28-21-13-7-8-14-23(21)31-26;6-5(8)7-1-3-9-4-2-7/h1,3-4,7-10,13-14,20,22H,2,5-6,11-12,15,17H2,(H,27,29);1-4H2,(H2,6,8)/t22-;/m0./s1. The summed E-state index contributed by atoms with van der Waals surface area (Å²) in [7, 11) is 0. The number of nitrogens with two attached hydrogens (primary N) is 1. The van der Waals surface area contributed by atoms with Gasteiger partial charge in [0.2, 0.25) is 5.78 Å². The average molecular weight is 545 g/mol. The third kappa shape index (κ3) is 8.68. The molecule has 9 heteroatoms. The molecule has 0 radical (unpaired) electrons. The van der Waals surface area contributed by atoms with Crippen LogP contribution in [0, 0.1) is 17.8 Å². The van der Waals surface area contributed by atoms with E-state index in [2.05, 4.69) is 22.1 Å². The minimum atomic E-state index is -0.749. The van der Waals surface area contributed by atoms with Crippen molar-refractivity contribution >= 4 is 28.8 Å². The number of amides is 3. The summed E-state index contributed by atoms with van der Waals surface area (Å²) >= 11 is 0. The number of aromatic nitrogens is 1. The number of carbonyl (C=O) groups is 3. The lowest BCUT2D eigenvalue weighted by molar-refractivity contribution is -0.116. The van der Waals surface area contributed by atoms with E-state index in [4.69, 9.17) is 14.9 Å². The normalized spacial score (nSPS) is 16.1. The van der Waals surface area contributed by atoms with E-state index in [1.165, 1.54) is 6.42 Å². The summed E-state index contributed by atoms with van der Waals surface area (Å²) in [6.07, 6.45) is 6.74. The van der Waals surface area contributed by atoms with Gasteiger partial charge < -0.3 is 25.1 Å². The van der Waals surface area contributed by atoms with Crippen molar-refractivity contribution in [2.45, 2.75) is 51.0 Å². The van der Waals surface area contributed by atoms with Gasteiger partial charge >= 0.3 is 6.03 Å². The molecule has 1 aliphatic heterocycles. The van der Waals surface area contributed by atoms with Gasteiger partial charge in [0.25, 0.3) is 11.8 Å². The second-order valence-electron chi connectivity index (χ2n) is 9.94. The van der Waals surface area contributed by atoms with Crippen LogP contribution >= 0.6 is 0 Å². The predicted octanol–water partition coefficient (Wildman–Crippen LogP) is 4.11. The molecule has 2 aliphatic rings. The van der Waals surface area contributed by atoms with Gasteiger partial charge in [0.1, 0.15) is 5.52 Å². The smallest absolute Gasteiger partial charge is 0.314 e. The maximum absolute atomic E-state index is 13.2. The number of oxazole rings is 1. The van der Waals surface area contributed by atoms with Gasteiger partial charge in [-0.1, -0.05) is 67.6 Å². The van der Waals surface area contributed by atoms with Crippen LogP contribution in [-0.2, 0) is 16.0 Å². The van der Waals surface area contributed by atoms with Gasteiger partial charge in [-0.2, -0.15) is 0 Å². The first-order chi connectivity index (χ1) is 19.5. The Morgan fingerprint density at radius 1 is 1.00 bits per heavy atom. The van der Waals surface area contributed by atoms with Crippen LogP contribution in [0.1, 0.15) is 54.8 Å². The summed E-state index contributed by atoms with van der Waals surface area (Å²) in [5.74, 6) is 5.33. The number of primary amides is 1. The Labute approximate surface area is 234 Å². The Morgan fingerprint density at radius 3 is 2.38 bits per heavy atom. The van der Waals surface area contributed by atoms with Crippen LogP contribution in [0.2, 0.25) is 0 Å². The molecule has 1 aromatic heterocycles. The number of hydrogen-bond acceptors (Lipinski definition) is 6. The van der Waals surface area contributed by atoms with Crippen LogP contribution in [0.4, 0.5) is 4.79 Å². The van der Waals surface area contributed by atoms with E-state index in [0.717, 1.165) is 31.2 Å².